The van der Waals surface area contributed by atoms with E-state index >= 15 is 0 Å². The van der Waals surface area contributed by atoms with Gasteiger partial charge in [0.05, 0.1) is 17.9 Å². The van der Waals surface area contributed by atoms with Crippen LogP contribution in [0.1, 0.15) is 30.5 Å². The summed E-state index contributed by atoms with van der Waals surface area (Å²) in [5.74, 6) is -3.12. The fourth-order valence-corrected chi connectivity index (χ4v) is 4.70. The first-order chi connectivity index (χ1) is 19.7. The lowest BCUT2D eigenvalue weighted by molar-refractivity contribution is -0.141. The van der Waals surface area contributed by atoms with Gasteiger partial charge in [0.1, 0.15) is 6.61 Å². The van der Waals surface area contributed by atoms with Gasteiger partial charge >= 0.3 is 5.97 Å². The molecule has 0 aromatic heterocycles. The molecule has 0 saturated carbocycles. The maximum absolute atomic E-state index is 13.9. The maximum Gasteiger partial charge on any atom is 0.302 e. The second kappa shape index (κ2) is 11.7. The van der Waals surface area contributed by atoms with Crippen molar-refractivity contribution in [2.24, 2.45) is 10.9 Å². The number of halogens is 2. The van der Waals surface area contributed by atoms with Crippen LogP contribution in [-0.4, -0.2) is 49.6 Å². The van der Waals surface area contributed by atoms with E-state index in [0.717, 1.165) is 12.1 Å². The summed E-state index contributed by atoms with van der Waals surface area (Å²) in [6, 6.07) is 15.9. The third-order valence-corrected chi connectivity index (χ3v) is 6.73. The molecule has 9 nitrogen and oxygen atoms in total. The normalized spacial score (nSPS) is 16.4. The molecule has 2 aliphatic heterocycles. The molecule has 212 valence electrons. The molecule has 0 fully saturated rings. The molecule has 0 aliphatic carbocycles. The van der Waals surface area contributed by atoms with E-state index in [4.69, 9.17) is 19.2 Å². The van der Waals surface area contributed by atoms with E-state index in [1.165, 1.54) is 17.9 Å². The van der Waals surface area contributed by atoms with E-state index in [2.05, 4.69) is 5.32 Å². The zero-order chi connectivity index (χ0) is 29.1. The van der Waals surface area contributed by atoms with Gasteiger partial charge in [0.25, 0.3) is 5.91 Å². The summed E-state index contributed by atoms with van der Waals surface area (Å²) < 4.78 is 43.2. The summed E-state index contributed by atoms with van der Waals surface area (Å²) in [5, 5.41) is 2.72. The van der Waals surface area contributed by atoms with Crippen molar-refractivity contribution >= 4 is 29.2 Å². The number of benzodiazepines with no additional fused rings is 1. The number of benzene rings is 3. The fourth-order valence-electron chi connectivity index (χ4n) is 4.70. The molecule has 5 rings (SSSR count). The summed E-state index contributed by atoms with van der Waals surface area (Å²) in [5.41, 5.74) is 2.63. The monoisotopic (exact) mass is 563 g/mol. The molecular formula is C30H27F2N3O6. The Kier molecular flexibility index (Phi) is 7.95. The third-order valence-electron chi connectivity index (χ3n) is 6.73. The number of carbonyl (C=O) groups is 3. The Balaban J connectivity index is 1.49. The van der Waals surface area contributed by atoms with Gasteiger partial charge in [-0.25, -0.2) is 13.8 Å². The van der Waals surface area contributed by atoms with E-state index in [0.29, 0.717) is 39.6 Å². The van der Waals surface area contributed by atoms with Crippen LogP contribution in [0.15, 0.2) is 65.7 Å². The second-order valence-corrected chi connectivity index (χ2v) is 9.66. The van der Waals surface area contributed by atoms with Crippen LogP contribution < -0.4 is 19.7 Å². The van der Waals surface area contributed by atoms with Crippen LogP contribution in [0.4, 0.5) is 14.5 Å². The highest BCUT2D eigenvalue weighted by atomic mass is 19.2. The number of anilines is 1. The van der Waals surface area contributed by atoms with Crippen molar-refractivity contribution in [2.45, 2.75) is 26.4 Å². The average molecular weight is 564 g/mol. The van der Waals surface area contributed by atoms with Crippen molar-refractivity contribution in [1.29, 1.82) is 0 Å². The number of esters is 1. The average Bonchev–Trinajstić information content (AvgIpc) is 3.39. The second-order valence-electron chi connectivity index (χ2n) is 9.66. The molecule has 0 unspecified atom stereocenters. The maximum atomic E-state index is 13.9. The summed E-state index contributed by atoms with van der Waals surface area (Å²) in [7, 11) is 0. The van der Waals surface area contributed by atoms with Crippen LogP contribution in [0.3, 0.4) is 0 Å². The highest BCUT2D eigenvalue weighted by Crippen LogP contribution is 2.35. The third kappa shape index (κ3) is 6.03. The predicted octanol–water partition coefficient (Wildman–Crippen LogP) is 3.76. The van der Waals surface area contributed by atoms with Crippen molar-refractivity contribution in [2.75, 3.05) is 24.8 Å². The molecule has 3 aromatic carbocycles. The number of aliphatic imine (C=N–C) groups is 1. The zero-order valence-corrected chi connectivity index (χ0v) is 22.4. The van der Waals surface area contributed by atoms with Crippen LogP contribution >= 0.6 is 0 Å². The van der Waals surface area contributed by atoms with Crippen LogP contribution in [0.2, 0.25) is 0 Å². The van der Waals surface area contributed by atoms with Crippen LogP contribution in [0.25, 0.3) is 0 Å². The lowest BCUT2D eigenvalue weighted by atomic mass is 9.99. The van der Waals surface area contributed by atoms with Gasteiger partial charge in [0.15, 0.2) is 23.1 Å². The van der Waals surface area contributed by atoms with Crippen LogP contribution in [-0.2, 0) is 25.5 Å². The minimum Gasteiger partial charge on any atom is -0.464 e. The van der Waals surface area contributed by atoms with Gasteiger partial charge in [-0.15, -0.1) is 0 Å². The molecule has 0 radical (unpaired) electrons. The number of hydrogen-bond acceptors (Lipinski definition) is 7. The standard InChI is InChI=1S/C30H27F2N3O6/c1-17(13-19-7-9-22(31)23(32)14-19)29(37)34-28-30(38)35(11-12-39-18(2)36)24-6-4-3-5-21(24)27(33-28)20-8-10-25-26(15-20)41-16-40-25/h3-10,14-15,17,28H,11-13,16H2,1-2H3,(H,34,37)/t17-,28+/m0/s1. The van der Waals surface area contributed by atoms with E-state index in [1.807, 2.05) is 0 Å². The van der Waals surface area contributed by atoms with Gasteiger partial charge < -0.3 is 24.4 Å². The lowest BCUT2D eigenvalue weighted by Crippen LogP contribution is -2.49. The van der Waals surface area contributed by atoms with Gasteiger partial charge in [-0.1, -0.05) is 31.2 Å². The fraction of sp³-hybridized carbons (Fsp3) is 0.267. The Hall–Kier alpha value is -4.80. The molecule has 41 heavy (non-hydrogen) atoms. The summed E-state index contributed by atoms with van der Waals surface area (Å²) >= 11 is 0. The molecule has 0 bridgehead atoms. The zero-order valence-electron chi connectivity index (χ0n) is 22.4. The Morgan fingerprint density at radius 1 is 1.07 bits per heavy atom. The van der Waals surface area contributed by atoms with Gasteiger partial charge in [0.2, 0.25) is 18.9 Å². The van der Waals surface area contributed by atoms with Crippen LogP contribution in [0, 0.1) is 17.6 Å². The number of amides is 2. The smallest absolute Gasteiger partial charge is 0.302 e. The molecule has 2 aliphatic rings. The molecule has 0 saturated heterocycles. The molecule has 2 atom stereocenters. The SMILES string of the molecule is CC(=O)OCCN1C(=O)[C@@H](NC(=O)[C@@H](C)Cc2ccc(F)c(F)c2)N=C(c2ccc3c(c2)OCO3)c2ccccc21. The number of para-hydroxylation sites is 1. The van der Waals surface area contributed by atoms with Gasteiger partial charge in [-0.2, -0.15) is 0 Å². The molecule has 2 amide bonds. The number of rotatable bonds is 8. The van der Waals surface area contributed by atoms with Crippen molar-refractivity contribution < 1.29 is 37.4 Å². The van der Waals surface area contributed by atoms with E-state index < -0.39 is 41.5 Å². The minimum atomic E-state index is -1.33. The number of carbonyl (C=O) groups excluding carboxylic acids is 3. The molecule has 3 aromatic rings. The minimum absolute atomic E-state index is 0.0240. The van der Waals surface area contributed by atoms with E-state index in [-0.39, 0.29) is 26.4 Å². The molecule has 0 spiro atoms. The van der Waals surface area contributed by atoms with Gasteiger partial charge in [-0.3, -0.25) is 14.4 Å². The molecular weight excluding hydrogens is 536 g/mol. The molecule has 11 heteroatoms. The van der Waals surface area contributed by atoms with Gasteiger partial charge in [-0.05, 0) is 48.4 Å². The summed E-state index contributed by atoms with van der Waals surface area (Å²) in [4.78, 5) is 44.7. The summed E-state index contributed by atoms with van der Waals surface area (Å²) in [6.07, 6.45) is -1.22. The number of nitrogens with zero attached hydrogens (tertiary/aromatic N) is 2. The van der Waals surface area contributed by atoms with Crippen molar-refractivity contribution in [1.82, 2.24) is 5.32 Å². The van der Waals surface area contributed by atoms with Crippen molar-refractivity contribution in [3.63, 3.8) is 0 Å². The first kappa shape index (κ1) is 27.8. The topological polar surface area (TPSA) is 107 Å². The Labute approximate surface area is 234 Å². The van der Waals surface area contributed by atoms with Crippen LogP contribution in [0.5, 0.6) is 11.5 Å². The number of ether oxygens (including phenoxy) is 3. The molecule has 1 N–H and O–H groups in total. The predicted molar refractivity (Wildman–Crippen MR) is 145 cm³/mol. The quantitative estimate of drug-likeness (QED) is 0.419. The first-order valence-electron chi connectivity index (χ1n) is 13.0. The van der Waals surface area contributed by atoms with E-state index in [9.17, 15) is 23.2 Å². The number of nitrogens with one attached hydrogen (secondary N) is 1. The Morgan fingerprint density at radius 3 is 2.63 bits per heavy atom. The first-order valence-corrected chi connectivity index (χ1v) is 13.0. The molecule has 2 heterocycles. The van der Waals surface area contributed by atoms with Gasteiger partial charge in [0, 0.05) is 24.0 Å². The Morgan fingerprint density at radius 2 is 1.85 bits per heavy atom. The van der Waals surface area contributed by atoms with Crippen molar-refractivity contribution in [3.05, 3.63) is 89.0 Å². The Bertz CT molecular complexity index is 1540. The van der Waals surface area contributed by atoms with Crippen molar-refractivity contribution in [3.8, 4) is 11.5 Å². The summed E-state index contributed by atoms with van der Waals surface area (Å²) in [6.45, 7) is 2.93. The largest absolute Gasteiger partial charge is 0.464 e. The highest BCUT2D eigenvalue weighted by molar-refractivity contribution is 6.20. The van der Waals surface area contributed by atoms with E-state index in [1.54, 1.807) is 49.4 Å². The number of hydrogen-bond donors (Lipinski definition) is 1. The lowest BCUT2D eigenvalue weighted by Gasteiger charge is -2.25. The number of fused-ring (bicyclic) bond motifs is 2. The highest BCUT2D eigenvalue weighted by Gasteiger charge is 2.34.